The molecule has 1 amide bonds. The first-order chi connectivity index (χ1) is 10.9. The zero-order valence-electron chi connectivity index (χ0n) is 12.5. The molecule has 0 heterocycles. The number of hydrogen-bond acceptors (Lipinski definition) is 3. The van der Waals surface area contributed by atoms with Crippen LogP contribution in [0.2, 0.25) is 0 Å². The number of hydrogen-bond donors (Lipinski definition) is 1. The van der Waals surface area contributed by atoms with Gasteiger partial charge < -0.3 is 10.1 Å². The van der Waals surface area contributed by atoms with Gasteiger partial charge in [-0.2, -0.15) is 26.3 Å². The smallest absolute Gasteiger partial charge is 0.416 e. The summed E-state index contributed by atoms with van der Waals surface area (Å²) in [4.78, 5) is 23.2. The average Bonchev–Trinajstić information content (AvgIpc) is 2.45. The van der Waals surface area contributed by atoms with Gasteiger partial charge in [-0.1, -0.05) is 0 Å². The second-order valence-electron chi connectivity index (χ2n) is 4.74. The molecule has 1 aromatic rings. The quantitative estimate of drug-likeness (QED) is 0.664. The van der Waals surface area contributed by atoms with Crippen molar-refractivity contribution in [3.05, 3.63) is 34.9 Å². The van der Waals surface area contributed by atoms with Crippen LogP contribution in [0.3, 0.4) is 0 Å². The maximum Gasteiger partial charge on any atom is 0.416 e. The lowest BCUT2D eigenvalue weighted by atomic mass is 10.0. The van der Waals surface area contributed by atoms with Crippen molar-refractivity contribution in [2.45, 2.75) is 32.2 Å². The van der Waals surface area contributed by atoms with Gasteiger partial charge in [0.25, 0.3) is 5.91 Å². The highest BCUT2D eigenvalue weighted by Gasteiger charge is 2.37. The summed E-state index contributed by atoms with van der Waals surface area (Å²) in [7, 11) is 0. The van der Waals surface area contributed by atoms with Gasteiger partial charge in [0, 0.05) is 5.56 Å². The van der Waals surface area contributed by atoms with Crippen molar-refractivity contribution < 1.29 is 40.7 Å². The molecule has 0 radical (unpaired) electrons. The lowest BCUT2D eigenvalue weighted by Gasteiger charge is -2.16. The Morgan fingerprint density at radius 3 is 1.88 bits per heavy atom. The molecule has 0 aliphatic heterocycles. The lowest BCUT2D eigenvalue weighted by Crippen LogP contribution is -2.39. The summed E-state index contributed by atoms with van der Waals surface area (Å²) < 4.78 is 80.9. The number of halogens is 6. The first-order valence-corrected chi connectivity index (χ1v) is 6.63. The zero-order valence-corrected chi connectivity index (χ0v) is 12.5. The molecule has 0 saturated heterocycles. The molecule has 1 aromatic carbocycles. The first-order valence-electron chi connectivity index (χ1n) is 6.63. The normalized spacial score (nSPS) is 13.3. The van der Waals surface area contributed by atoms with Crippen LogP contribution < -0.4 is 5.32 Å². The van der Waals surface area contributed by atoms with Gasteiger partial charge in [-0.15, -0.1) is 0 Å². The molecule has 10 heteroatoms. The van der Waals surface area contributed by atoms with Crippen molar-refractivity contribution in [1.29, 1.82) is 0 Å². The van der Waals surface area contributed by atoms with Crippen LogP contribution >= 0.6 is 0 Å². The number of amides is 1. The summed E-state index contributed by atoms with van der Waals surface area (Å²) in [5.74, 6) is -2.12. The molecular formula is C14H13F6NO3. The van der Waals surface area contributed by atoms with Crippen LogP contribution in [0.1, 0.15) is 35.3 Å². The van der Waals surface area contributed by atoms with Crippen molar-refractivity contribution in [2.75, 3.05) is 6.61 Å². The summed E-state index contributed by atoms with van der Waals surface area (Å²) in [5, 5.41) is 1.99. The van der Waals surface area contributed by atoms with Crippen LogP contribution in [0.4, 0.5) is 26.3 Å². The molecule has 1 N–H and O–H groups in total. The fourth-order valence-electron chi connectivity index (χ4n) is 1.69. The number of ether oxygens (including phenoxy) is 1. The van der Waals surface area contributed by atoms with E-state index >= 15 is 0 Å². The number of carbonyl (C=O) groups excluding carboxylic acids is 2. The number of carbonyl (C=O) groups is 2. The van der Waals surface area contributed by atoms with E-state index < -0.39 is 47.0 Å². The Hall–Kier alpha value is -2.26. The minimum atomic E-state index is -5.07. The maximum atomic E-state index is 12.7. The van der Waals surface area contributed by atoms with Crippen LogP contribution in [0, 0.1) is 0 Å². The van der Waals surface area contributed by atoms with Gasteiger partial charge in [0.15, 0.2) is 0 Å². The van der Waals surface area contributed by atoms with Crippen LogP contribution in [0.15, 0.2) is 18.2 Å². The van der Waals surface area contributed by atoms with Gasteiger partial charge in [-0.05, 0) is 32.0 Å². The van der Waals surface area contributed by atoms with Crippen LogP contribution in [0.25, 0.3) is 0 Å². The summed E-state index contributed by atoms with van der Waals surface area (Å²) in [6.45, 7) is 2.68. The van der Waals surface area contributed by atoms with E-state index in [1.54, 1.807) is 0 Å². The molecule has 1 rings (SSSR count). The summed E-state index contributed by atoms with van der Waals surface area (Å²) in [6, 6.07) is -0.766. The van der Waals surface area contributed by atoms with Crippen LogP contribution in [-0.4, -0.2) is 24.5 Å². The largest absolute Gasteiger partial charge is 0.464 e. The molecule has 134 valence electrons. The maximum absolute atomic E-state index is 12.7. The number of rotatable bonds is 4. The molecule has 1 unspecified atom stereocenters. The number of alkyl halides is 6. The van der Waals surface area contributed by atoms with E-state index in [1.165, 1.54) is 13.8 Å². The predicted octanol–water partition coefficient (Wildman–Crippen LogP) is 3.41. The minimum Gasteiger partial charge on any atom is -0.464 e. The Kier molecular flexibility index (Phi) is 5.85. The molecule has 24 heavy (non-hydrogen) atoms. The van der Waals surface area contributed by atoms with Gasteiger partial charge in [0.2, 0.25) is 0 Å². The third-order valence-electron chi connectivity index (χ3n) is 2.84. The molecule has 4 nitrogen and oxygen atoms in total. The van der Waals surface area contributed by atoms with Crippen molar-refractivity contribution in [3.63, 3.8) is 0 Å². The van der Waals surface area contributed by atoms with Crippen molar-refractivity contribution in [3.8, 4) is 0 Å². The zero-order chi connectivity index (χ0) is 18.7. The Labute approximate surface area is 132 Å². The third-order valence-corrected chi connectivity index (χ3v) is 2.84. The second-order valence-corrected chi connectivity index (χ2v) is 4.74. The molecule has 0 fully saturated rings. The molecule has 0 aromatic heterocycles. The topological polar surface area (TPSA) is 55.4 Å². The van der Waals surface area contributed by atoms with Gasteiger partial charge >= 0.3 is 18.3 Å². The first kappa shape index (κ1) is 19.8. The van der Waals surface area contributed by atoms with Gasteiger partial charge in [-0.25, -0.2) is 4.79 Å². The average molecular weight is 357 g/mol. The standard InChI is InChI=1S/C14H13F6NO3/c1-3-24-12(23)7(2)21-11(22)8-4-9(13(15,16)17)6-10(5-8)14(18,19)20/h4-7H,3H2,1-2H3,(H,21,22). The summed E-state index contributed by atoms with van der Waals surface area (Å²) >= 11 is 0. The molecule has 0 aliphatic carbocycles. The second kappa shape index (κ2) is 7.10. The molecule has 0 aliphatic rings. The highest BCUT2D eigenvalue weighted by Crippen LogP contribution is 2.36. The fourth-order valence-corrected chi connectivity index (χ4v) is 1.69. The molecule has 0 spiro atoms. The molecule has 0 saturated carbocycles. The van der Waals surface area contributed by atoms with Gasteiger partial charge in [0.1, 0.15) is 6.04 Å². The predicted molar refractivity (Wildman–Crippen MR) is 70.0 cm³/mol. The van der Waals surface area contributed by atoms with E-state index in [1.807, 2.05) is 5.32 Å². The van der Waals surface area contributed by atoms with E-state index in [0.717, 1.165) is 0 Å². The lowest BCUT2D eigenvalue weighted by molar-refractivity contribution is -0.145. The van der Waals surface area contributed by atoms with E-state index in [4.69, 9.17) is 0 Å². The Morgan fingerprint density at radius 1 is 1.04 bits per heavy atom. The molecule has 1 atom stereocenters. The van der Waals surface area contributed by atoms with E-state index in [2.05, 4.69) is 4.74 Å². The Morgan fingerprint density at radius 2 is 1.50 bits per heavy atom. The number of benzene rings is 1. The van der Waals surface area contributed by atoms with Crippen molar-refractivity contribution >= 4 is 11.9 Å². The highest BCUT2D eigenvalue weighted by atomic mass is 19.4. The molecule has 0 bridgehead atoms. The van der Waals surface area contributed by atoms with Gasteiger partial charge in [-0.3, -0.25) is 4.79 Å². The highest BCUT2D eigenvalue weighted by molar-refractivity contribution is 5.97. The summed E-state index contributed by atoms with van der Waals surface area (Å²) in [5.41, 5.74) is -4.11. The Bertz CT molecular complexity index is 592. The van der Waals surface area contributed by atoms with E-state index in [0.29, 0.717) is 0 Å². The van der Waals surface area contributed by atoms with Crippen LogP contribution in [-0.2, 0) is 21.9 Å². The fraction of sp³-hybridized carbons (Fsp3) is 0.429. The molecular weight excluding hydrogens is 344 g/mol. The van der Waals surface area contributed by atoms with E-state index in [-0.39, 0.29) is 24.8 Å². The van der Waals surface area contributed by atoms with E-state index in [9.17, 15) is 35.9 Å². The monoisotopic (exact) mass is 357 g/mol. The SMILES string of the molecule is CCOC(=O)C(C)NC(=O)c1cc(C(F)(F)F)cc(C(F)(F)F)c1. The van der Waals surface area contributed by atoms with Crippen LogP contribution in [0.5, 0.6) is 0 Å². The van der Waals surface area contributed by atoms with Crippen molar-refractivity contribution in [1.82, 2.24) is 5.32 Å². The third kappa shape index (κ3) is 5.14. The minimum absolute atomic E-state index is 0.000818. The van der Waals surface area contributed by atoms with Crippen molar-refractivity contribution in [2.24, 2.45) is 0 Å². The summed E-state index contributed by atoms with van der Waals surface area (Å²) in [6.07, 6.45) is -10.1. The Balaban J connectivity index is 3.18. The van der Waals surface area contributed by atoms with Gasteiger partial charge in [0.05, 0.1) is 17.7 Å². The number of nitrogens with one attached hydrogen (secondary N) is 1. The number of esters is 1.